The van der Waals surface area contributed by atoms with Crippen molar-refractivity contribution in [1.82, 2.24) is 14.7 Å². The molecule has 2 heterocycles. The van der Waals surface area contributed by atoms with Crippen LogP contribution in [0.2, 0.25) is 0 Å². The fourth-order valence-corrected chi connectivity index (χ4v) is 4.40. The summed E-state index contributed by atoms with van der Waals surface area (Å²) in [4.78, 5) is 17.1. The molecule has 2 N–H and O–H groups in total. The van der Waals surface area contributed by atoms with Gasteiger partial charge in [-0.15, -0.1) is 13.2 Å². The number of fused-ring (bicyclic) bond motifs is 1. The summed E-state index contributed by atoms with van der Waals surface area (Å²) in [5.74, 6) is -0.521. The summed E-state index contributed by atoms with van der Waals surface area (Å²) >= 11 is 0. The number of rotatable bonds is 9. The SMILES string of the molecule is Cc1cc(-c2cnc3c(NCCC(F)(F)F)cc(Oc4ccc(OC(F)(F)F)cc4)cn23)ccc1C(=O)NC1(C#N)CC1. The number of benzene rings is 2. The minimum absolute atomic E-state index is 0.147. The summed E-state index contributed by atoms with van der Waals surface area (Å²) in [7, 11) is 0. The van der Waals surface area contributed by atoms with Crippen LogP contribution in [0.5, 0.6) is 17.2 Å². The zero-order valence-corrected chi connectivity index (χ0v) is 22.4. The number of amides is 1. The summed E-state index contributed by atoms with van der Waals surface area (Å²) in [6.07, 6.45) is -6.14. The minimum Gasteiger partial charge on any atom is -0.456 e. The highest BCUT2D eigenvalue weighted by Gasteiger charge is 2.44. The molecule has 0 bridgehead atoms. The molecule has 1 aliphatic carbocycles. The fraction of sp³-hybridized carbons (Fsp3) is 0.276. The van der Waals surface area contributed by atoms with Gasteiger partial charge in [-0.1, -0.05) is 6.07 Å². The Morgan fingerprint density at radius 2 is 1.74 bits per heavy atom. The van der Waals surface area contributed by atoms with Crippen molar-refractivity contribution in [3.8, 4) is 34.6 Å². The Morgan fingerprint density at radius 1 is 1.05 bits per heavy atom. The van der Waals surface area contributed by atoms with E-state index in [-0.39, 0.29) is 23.1 Å². The molecule has 43 heavy (non-hydrogen) atoms. The van der Waals surface area contributed by atoms with Crippen LogP contribution in [0.15, 0.2) is 60.9 Å². The Morgan fingerprint density at radius 3 is 2.35 bits per heavy atom. The van der Waals surface area contributed by atoms with Gasteiger partial charge in [-0.2, -0.15) is 18.4 Å². The van der Waals surface area contributed by atoms with Crippen LogP contribution in [0.4, 0.5) is 32.0 Å². The van der Waals surface area contributed by atoms with Crippen LogP contribution in [0, 0.1) is 18.3 Å². The number of nitrogens with one attached hydrogen (secondary N) is 2. The third-order valence-electron chi connectivity index (χ3n) is 6.68. The lowest BCUT2D eigenvalue weighted by molar-refractivity contribution is -0.274. The molecule has 0 radical (unpaired) electrons. The highest BCUT2D eigenvalue weighted by molar-refractivity contribution is 5.97. The number of aromatic nitrogens is 2. The summed E-state index contributed by atoms with van der Waals surface area (Å²) < 4.78 is 87.3. The summed E-state index contributed by atoms with van der Waals surface area (Å²) in [6, 6.07) is 13.2. The average Bonchev–Trinajstić information content (AvgIpc) is 3.56. The topological polar surface area (TPSA) is 101 Å². The number of alkyl halides is 6. The summed E-state index contributed by atoms with van der Waals surface area (Å²) in [6.45, 7) is 1.29. The lowest BCUT2D eigenvalue weighted by Gasteiger charge is -2.15. The maximum Gasteiger partial charge on any atom is 0.573 e. The number of pyridine rings is 1. The Balaban J connectivity index is 1.46. The molecule has 1 saturated carbocycles. The second-order valence-electron chi connectivity index (χ2n) is 10.0. The molecule has 224 valence electrons. The van der Waals surface area contributed by atoms with Crippen molar-refractivity contribution in [2.24, 2.45) is 0 Å². The number of aryl methyl sites for hydroxylation is 1. The Hall–Kier alpha value is -4.93. The number of imidazole rings is 1. The van der Waals surface area contributed by atoms with Crippen molar-refractivity contribution >= 4 is 17.2 Å². The summed E-state index contributed by atoms with van der Waals surface area (Å²) in [5, 5.41) is 14.8. The molecule has 8 nitrogen and oxygen atoms in total. The van der Waals surface area contributed by atoms with Crippen LogP contribution >= 0.6 is 0 Å². The maximum absolute atomic E-state index is 12.8. The highest BCUT2D eigenvalue weighted by atomic mass is 19.4. The van der Waals surface area contributed by atoms with Gasteiger partial charge in [0.2, 0.25) is 0 Å². The van der Waals surface area contributed by atoms with E-state index in [2.05, 4.69) is 26.4 Å². The number of carbonyl (C=O) groups excluding carboxylic acids is 1. The average molecular weight is 604 g/mol. The number of hydrogen-bond acceptors (Lipinski definition) is 6. The fourth-order valence-electron chi connectivity index (χ4n) is 4.40. The van der Waals surface area contributed by atoms with Gasteiger partial charge in [-0.05, 0) is 61.7 Å². The van der Waals surface area contributed by atoms with E-state index in [1.54, 1.807) is 29.5 Å². The van der Waals surface area contributed by atoms with Crippen molar-refractivity contribution in [3.63, 3.8) is 0 Å². The zero-order valence-electron chi connectivity index (χ0n) is 22.4. The quantitative estimate of drug-likeness (QED) is 0.197. The number of carbonyl (C=O) groups is 1. The normalized spacial score (nSPS) is 14.2. The van der Waals surface area contributed by atoms with Gasteiger partial charge in [0.25, 0.3) is 5.91 Å². The third kappa shape index (κ3) is 7.11. The van der Waals surface area contributed by atoms with Gasteiger partial charge in [0, 0.05) is 23.7 Å². The highest BCUT2D eigenvalue weighted by Crippen LogP contribution is 2.36. The number of nitrogens with zero attached hydrogens (tertiary/aromatic N) is 3. The van der Waals surface area contributed by atoms with Crippen LogP contribution in [-0.2, 0) is 0 Å². The van der Waals surface area contributed by atoms with E-state index in [1.165, 1.54) is 30.6 Å². The molecule has 14 heteroatoms. The third-order valence-corrected chi connectivity index (χ3v) is 6.68. The van der Waals surface area contributed by atoms with Gasteiger partial charge in [0.1, 0.15) is 22.8 Å². The molecule has 0 unspecified atom stereocenters. The van der Waals surface area contributed by atoms with E-state index in [9.17, 15) is 36.4 Å². The van der Waals surface area contributed by atoms with Crippen molar-refractivity contribution in [2.45, 2.75) is 44.3 Å². The van der Waals surface area contributed by atoms with E-state index >= 15 is 0 Å². The molecule has 0 spiro atoms. The molecule has 0 saturated heterocycles. The molecule has 5 rings (SSSR count). The first-order valence-corrected chi connectivity index (χ1v) is 12.9. The van der Waals surface area contributed by atoms with Gasteiger partial charge in [-0.25, -0.2) is 4.98 Å². The van der Waals surface area contributed by atoms with Crippen molar-refractivity contribution in [3.05, 3.63) is 72.1 Å². The predicted molar refractivity (Wildman–Crippen MR) is 143 cm³/mol. The smallest absolute Gasteiger partial charge is 0.456 e. The number of hydrogen-bond donors (Lipinski definition) is 2. The molecule has 1 fully saturated rings. The van der Waals surface area contributed by atoms with Gasteiger partial charge >= 0.3 is 12.5 Å². The molecule has 4 aromatic rings. The second kappa shape index (κ2) is 11.0. The van der Waals surface area contributed by atoms with Crippen LogP contribution in [0.25, 0.3) is 16.9 Å². The van der Waals surface area contributed by atoms with Gasteiger partial charge < -0.3 is 20.1 Å². The molecular formula is C29H23F6N5O3. The summed E-state index contributed by atoms with van der Waals surface area (Å²) in [5.41, 5.74) is 1.86. The van der Waals surface area contributed by atoms with Crippen LogP contribution in [0.1, 0.15) is 35.2 Å². The van der Waals surface area contributed by atoms with Crippen molar-refractivity contribution in [2.75, 3.05) is 11.9 Å². The largest absolute Gasteiger partial charge is 0.573 e. The van der Waals surface area contributed by atoms with E-state index in [4.69, 9.17) is 4.74 Å². The van der Waals surface area contributed by atoms with Crippen LogP contribution < -0.4 is 20.1 Å². The molecule has 0 atom stereocenters. The number of halogens is 6. The monoisotopic (exact) mass is 603 g/mol. The van der Waals surface area contributed by atoms with Gasteiger partial charge in [-0.3, -0.25) is 9.20 Å². The lowest BCUT2D eigenvalue weighted by atomic mass is 10.0. The zero-order chi connectivity index (χ0) is 31.0. The van der Waals surface area contributed by atoms with E-state index in [1.807, 2.05) is 0 Å². The predicted octanol–water partition coefficient (Wildman–Crippen LogP) is 7.15. The first kappa shape index (κ1) is 29.6. The van der Waals surface area contributed by atoms with Crippen molar-refractivity contribution in [1.29, 1.82) is 5.26 Å². The molecule has 2 aromatic carbocycles. The van der Waals surface area contributed by atoms with Crippen molar-refractivity contribution < 1.29 is 40.6 Å². The van der Waals surface area contributed by atoms with Crippen LogP contribution in [0.3, 0.4) is 0 Å². The molecule has 0 aliphatic heterocycles. The van der Waals surface area contributed by atoms with Gasteiger partial charge in [0.15, 0.2) is 5.65 Å². The van der Waals surface area contributed by atoms with E-state index < -0.39 is 36.8 Å². The van der Waals surface area contributed by atoms with E-state index in [0.29, 0.717) is 40.9 Å². The molecule has 1 amide bonds. The number of ether oxygens (including phenoxy) is 2. The maximum atomic E-state index is 12.8. The van der Waals surface area contributed by atoms with E-state index in [0.717, 1.165) is 12.1 Å². The Bertz CT molecular complexity index is 1700. The first-order valence-electron chi connectivity index (χ1n) is 12.9. The minimum atomic E-state index is -4.86. The standard InChI is InChI=1S/C29H23F6N5O3/c1-17-12-18(2-7-22(17)26(41)39-27(16-36)8-9-27)24-14-38-25-23(37-11-10-28(30,31)32)13-21(15-40(24)25)42-19-3-5-20(6-4-19)43-29(33,34)35/h2-7,12-15,37H,8-11H2,1H3,(H,39,41). The Kier molecular flexibility index (Phi) is 7.59. The van der Waals surface area contributed by atoms with Gasteiger partial charge in [0.05, 0.1) is 36.3 Å². The number of nitriles is 1. The molecule has 1 aliphatic rings. The number of anilines is 1. The second-order valence-corrected chi connectivity index (χ2v) is 10.0. The van der Waals surface area contributed by atoms with Crippen LogP contribution in [-0.4, -0.2) is 39.9 Å². The molecular weight excluding hydrogens is 580 g/mol. The molecule has 2 aromatic heterocycles. The first-order chi connectivity index (χ1) is 20.2. The lowest BCUT2D eigenvalue weighted by Crippen LogP contribution is -2.35. The Labute approximate surface area is 240 Å².